The van der Waals surface area contributed by atoms with Gasteiger partial charge < -0.3 is 0 Å². The normalized spacial score (nSPS) is 12.4. The topological polar surface area (TPSA) is 0 Å². The van der Waals surface area contributed by atoms with E-state index in [1.165, 1.54) is 0 Å². The van der Waals surface area contributed by atoms with Crippen molar-refractivity contribution in [2.24, 2.45) is 0 Å². The molecule has 0 bridgehead atoms. The molecule has 16 heavy (non-hydrogen) atoms. The summed E-state index contributed by atoms with van der Waals surface area (Å²) in [5, 5.41) is 1.76. The predicted molar refractivity (Wildman–Crippen MR) is 59.0 cm³/mol. The van der Waals surface area contributed by atoms with Crippen molar-refractivity contribution in [3.8, 4) is 0 Å². The van der Waals surface area contributed by atoms with E-state index in [0.717, 1.165) is 16.8 Å². The Kier molecular flexibility index (Phi) is 2.69. The molecular formula is C13H9F3. The van der Waals surface area contributed by atoms with Crippen LogP contribution in [0.5, 0.6) is 0 Å². The lowest BCUT2D eigenvalue weighted by Crippen LogP contribution is -2.00. The summed E-state index contributed by atoms with van der Waals surface area (Å²) in [7, 11) is 0. The fraction of sp³-hybridized carbons (Fsp3) is 0.0769. The average molecular weight is 222 g/mol. The van der Waals surface area contributed by atoms with Crippen LogP contribution in [0.4, 0.5) is 13.2 Å². The highest BCUT2D eigenvalue weighted by molar-refractivity contribution is 5.90. The number of hydrogen-bond donors (Lipinski definition) is 0. The minimum absolute atomic E-state index is 0.259. The minimum Gasteiger partial charge on any atom is -0.167 e. The smallest absolute Gasteiger partial charge is 0.167 e. The number of rotatable bonds is 1. The molecule has 3 heteroatoms. The van der Waals surface area contributed by atoms with Crippen LogP contribution in [0.15, 0.2) is 48.5 Å². The highest BCUT2D eigenvalue weighted by Gasteiger charge is 2.21. The number of allylic oxidation sites excluding steroid dienone is 1. The Morgan fingerprint density at radius 1 is 0.875 bits per heavy atom. The summed E-state index contributed by atoms with van der Waals surface area (Å²) in [4.78, 5) is 0. The lowest BCUT2D eigenvalue weighted by molar-refractivity contribution is -0.0790. The van der Waals surface area contributed by atoms with E-state index in [4.69, 9.17) is 0 Å². The second kappa shape index (κ2) is 4.00. The lowest BCUT2D eigenvalue weighted by Gasteiger charge is -2.02. The number of halogens is 3. The molecule has 0 fully saturated rings. The third-order valence-electron chi connectivity index (χ3n) is 2.28. The maximum atomic E-state index is 12.1. The van der Waals surface area contributed by atoms with Crippen LogP contribution in [0.3, 0.4) is 0 Å². The summed E-state index contributed by atoms with van der Waals surface area (Å²) < 4.78 is 36.2. The Hall–Kier alpha value is -1.77. The van der Waals surface area contributed by atoms with Gasteiger partial charge in [-0.05, 0) is 22.4 Å². The van der Waals surface area contributed by atoms with Gasteiger partial charge in [0, 0.05) is 6.08 Å². The molecular weight excluding hydrogens is 213 g/mol. The van der Waals surface area contributed by atoms with Crippen molar-refractivity contribution in [2.45, 2.75) is 6.18 Å². The molecule has 0 aromatic heterocycles. The van der Waals surface area contributed by atoms with Crippen molar-refractivity contribution < 1.29 is 13.2 Å². The van der Waals surface area contributed by atoms with E-state index >= 15 is 0 Å². The molecule has 0 unspecified atom stereocenters. The Balaban J connectivity index is 2.49. The molecule has 0 aliphatic heterocycles. The molecule has 2 rings (SSSR count). The molecule has 0 aliphatic carbocycles. The van der Waals surface area contributed by atoms with Gasteiger partial charge in [0.05, 0.1) is 0 Å². The van der Waals surface area contributed by atoms with E-state index in [1.54, 1.807) is 12.1 Å². The van der Waals surface area contributed by atoms with Gasteiger partial charge in [-0.15, -0.1) is 0 Å². The fourth-order valence-electron chi connectivity index (χ4n) is 1.58. The van der Waals surface area contributed by atoms with Gasteiger partial charge in [-0.2, -0.15) is 13.2 Å². The molecule has 0 N–H and O–H groups in total. The van der Waals surface area contributed by atoms with Crippen molar-refractivity contribution >= 4 is 16.8 Å². The highest BCUT2D eigenvalue weighted by atomic mass is 19.4. The quantitative estimate of drug-likeness (QED) is 0.670. The van der Waals surface area contributed by atoms with E-state index in [-0.39, 0.29) is 6.08 Å². The van der Waals surface area contributed by atoms with E-state index in [1.807, 2.05) is 30.3 Å². The Labute approximate surface area is 91.0 Å². The SMILES string of the molecule is FC(F)(F)/C=C/c1cccc2ccccc12. The third-order valence-corrected chi connectivity index (χ3v) is 2.28. The summed E-state index contributed by atoms with van der Waals surface area (Å²) in [6.07, 6.45) is -2.91. The third kappa shape index (κ3) is 2.42. The zero-order chi connectivity index (χ0) is 11.6. The van der Waals surface area contributed by atoms with Crippen LogP contribution in [0.2, 0.25) is 0 Å². The molecule has 0 aliphatic rings. The molecule has 0 atom stereocenters. The van der Waals surface area contributed by atoms with Crippen molar-refractivity contribution in [3.05, 3.63) is 54.1 Å². The standard InChI is InChI=1S/C13H9F3/c14-13(15,16)9-8-11-6-3-5-10-4-1-2-7-12(10)11/h1-9H/b9-8+. The van der Waals surface area contributed by atoms with Gasteiger partial charge in [-0.1, -0.05) is 42.5 Å². The monoisotopic (exact) mass is 222 g/mol. The Bertz CT molecular complexity index is 519. The van der Waals surface area contributed by atoms with Gasteiger partial charge in [0.15, 0.2) is 0 Å². The molecule has 0 saturated carbocycles. The van der Waals surface area contributed by atoms with Crippen LogP contribution in [0.25, 0.3) is 16.8 Å². The van der Waals surface area contributed by atoms with E-state index < -0.39 is 6.18 Å². The number of benzene rings is 2. The van der Waals surface area contributed by atoms with Gasteiger partial charge >= 0.3 is 6.18 Å². The molecule has 0 saturated heterocycles. The minimum atomic E-state index is -4.27. The van der Waals surface area contributed by atoms with Gasteiger partial charge in [-0.25, -0.2) is 0 Å². The zero-order valence-corrected chi connectivity index (χ0v) is 8.33. The molecule has 0 spiro atoms. The number of fused-ring (bicyclic) bond motifs is 1. The van der Waals surface area contributed by atoms with Crippen molar-refractivity contribution in [3.63, 3.8) is 0 Å². The predicted octanol–water partition coefficient (Wildman–Crippen LogP) is 4.42. The van der Waals surface area contributed by atoms with Crippen LogP contribution in [-0.4, -0.2) is 6.18 Å². The first kappa shape index (κ1) is 10.7. The molecule has 0 heterocycles. The molecule has 2 aromatic rings. The first-order chi connectivity index (χ1) is 7.56. The van der Waals surface area contributed by atoms with Crippen LogP contribution >= 0.6 is 0 Å². The second-order valence-electron chi connectivity index (χ2n) is 3.44. The summed E-state index contributed by atoms with van der Waals surface area (Å²) in [6.45, 7) is 0. The maximum Gasteiger partial charge on any atom is 0.409 e. The fourth-order valence-corrected chi connectivity index (χ4v) is 1.58. The van der Waals surface area contributed by atoms with Crippen LogP contribution in [0, 0.1) is 0 Å². The van der Waals surface area contributed by atoms with Gasteiger partial charge in [0.25, 0.3) is 0 Å². The summed E-state index contributed by atoms with van der Waals surface area (Å²) >= 11 is 0. The molecule has 0 nitrogen and oxygen atoms in total. The number of alkyl halides is 3. The average Bonchev–Trinajstić information content (AvgIpc) is 2.25. The van der Waals surface area contributed by atoms with E-state index in [2.05, 4.69) is 0 Å². The van der Waals surface area contributed by atoms with Gasteiger partial charge in [0.1, 0.15) is 0 Å². The van der Waals surface area contributed by atoms with Crippen LogP contribution in [0.1, 0.15) is 5.56 Å². The Morgan fingerprint density at radius 2 is 1.56 bits per heavy atom. The number of hydrogen-bond acceptors (Lipinski definition) is 0. The molecule has 0 amide bonds. The Morgan fingerprint density at radius 3 is 2.31 bits per heavy atom. The first-order valence-electron chi connectivity index (χ1n) is 4.80. The zero-order valence-electron chi connectivity index (χ0n) is 8.33. The largest absolute Gasteiger partial charge is 0.409 e. The second-order valence-corrected chi connectivity index (χ2v) is 3.44. The van der Waals surface area contributed by atoms with Crippen LogP contribution in [-0.2, 0) is 0 Å². The van der Waals surface area contributed by atoms with E-state index in [9.17, 15) is 13.2 Å². The van der Waals surface area contributed by atoms with Gasteiger partial charge in [-0.3, -0.25) is 0 Å². The molecule has 82 valence electrons. The highest BCUT2D eigenvalue weighted by Crippen LogP contribution is 2.23. The van der Waals surface area contributed by atoms with Crippen molar-refractivity contribution in [1.82, 2.24) is 0 Å². The molecule has 2 aromatic carbocycles. The van der Waals surface area contributed by atoms with Crippen molar-refractivity contribution in [2.75, 3.05) is 0 Å². The van der Waals surface area contributed by atoms with Crippen LogP contribution < -0.4 is 0 Å². The maximum absolute atomic E-state index is 12.1. The van der Waals surface area contributed by atoms with Gasteiger partial charge in [0.2, 0.25) is 0 Å². The summed E-state index contributed by atoms with van der Waals surface area (Å²) in [5.74, 6) is 0. The van der Waals surface area contributed by atoms with Crippen molar-refractivity contribution in [1.29, 1.82) is 0 Å². The summed E-state index contributed by atoms with van der Waals surface area (Å²) in [6, 6.07) is 12.7. The lowest BCUT2D eigenvalue weighted by atomic mass is 10.0. The van der Waals surface area contributed by atoms with E-state index in [0.29, 0.717) is 5.56 Å². The first-order valence-corrected chi connectivity index (χ1v) is 4.80. The molecule has 0 radical (unpaired) electrons. The summed E-state index contributed by atoms with van der Waals surface area (Å²) in [5.41, 5.74) is 0.579.